The Morgan fingerprint density at radius 2 is 2.03 bits per heavy atom. The molecule has 0 N–H and O–H groups in total. The van der Waals surface area contributed by atoms with E-state index >= 15 is 0 Å². The van der Waals surface area contributed by atoms with E-state index in [0.29, 0.717) is 30.3 Å². The Hall–Kier alpha value is -4.03. The first-order valence-corrected chi connectivity index (χ1v) is 10.9. The van der Waals surface area contributed by atoms with Crippen LogP contribution in [0.5, 0.6) is 5.75 Å². The Morgan fingerprint density at radius 3 is 2.74 bits per heavy atom. The molecule has 1 saturated heterocycles. The Labute approximate surface area is 193 Å². The summed E-state index contributed by atoms with van der Waals surface area (Å²) in [6.45, 7) is 2.77. The maximum absolute atomic E-state index is 15.0. The fourth-order valence-corrected chi connectivity index (χ4v) is 3.74. The van der Waals surface area contributed by atoms with Crippen molar-refractivity contribution in [1.82, 2.24) is 45.2 Å². The van der Waals surface area contributed by atoms with E-state index in [0.717, 1.165) is 12.0 Å². The molecule has 5 rings (SSSR count). The number of aromatic nitrogens is 9. The van der Waals surface area contributed by atoms with Crippen LogP contribution in [0.15, 0.2) is 43.1 Å². The number of tetrazole rings is 1. The lowest BCUT2D eigenvalue weighted by atomic mass is 10.0. The van der Waals surface area contributed by atoms with E-state index < -0.39 is 18.0 Å². The summed E-state index contributed by atoms with van der Waals surface area (Å²) in [5, 5.41) is 19.3. The average molecular weight is 468 g/mol. The number of nitrogens with zero attached hydrogens (tertiary/aromatic N) is 10. The Balaban J connectivity index is 1.19. The van der Waals surface area contributed by atoms with Crippen molar-refractivity contribution in [2.75, 3.05) is 18.0 Å². The second kappa shape index (κ2) is 9.45. The molecule has 4 heterocycles. The molecule has 1 fully saturated rings. The molecule has 1 aliphatic heterocycles. The SMILES string of the molecule is CCc1cnc(N2CC[C@@H](n3ncc(COc4ccc(-n5cnnn5)cc4F)n3)[C@@H](F)C2)nc1. The number of piperidine rings is 1. The summed E-state index contributed by atoms with van der Waals surface area (Å²) < 4.78 is 36.3. The maximum atomic E-state index is 15.0. The molecule has 3 aromatic heterocycles. The highest BCUT2D eigenvalue weighted by molar-refractivity contribution is 5.37. The van der Waals surface area contributed by atoms with Crippen LogP contribution >= 0.6 is 0 Å². The maximum Gasteiger partial charge on any atom is 0.225 e. The van der Waals surface area contributed by atoms with Crippen LogP contribution in [0.25, 0.3) is 5.69 Å². The standard InChI is InChI=1S/C21H22F2N10O/c1-2-14-8-24-21(25-9-14)31-6-5-19(18(23)11-31)33-27-10-15(28-33)12-34-20-4-3-16(7-17(20)22)32-13-26-29-30-32/h3-4,7-10,13,18-19H,2,5-6,11-12H2,1H3/t18-,19+/m0/s1. The number of anilines is 1. The third kappa shape index (κ3) is 4.54. The Morgan fingerprint density at radius 1 is 1.18 bits per heavy atom. The fraction of sp³-hybridized carbons (Fsp3) is 0.381. The molecular formula is C21H22F2N10O. The van der Waals surface area contributed by atoms with Crippen LogP contribution in [0.2, 0.25) is 0 Å². The quantitative estimate of drug-likeness (QED) is 0.402. The van der Waals surface area contributed by atoms with E-state index in [-0.39, 0.29) is 18.9 Å². The van der Waals surface area contributed by atoms with E-state index in [4.69, 9.17) is 4.74 Å². The minimum Gasteiger partial charge on any atom is -0.484 e. The molecule has 13 heteroatoms. The number of halogens is 2. The number of rotatable bonds is 7. The van der Waals surface area contributed by atoms with E-state index in [1.54, 1.807) is 18.5 Å². The molecule has 0 spiro atoms. The molecule has 0 aliphatic carbocycles. The van der Waals surface area contributed by atoms with Gasteiger partial charge in [0.2, 0.25) is 5.95 Å². The van der Waals surface area contributed by atoms with Gasteiger partial charge >= 0.3 is 0 Å². The molecule has 0 unspecified atom stereocenters. The lowest BCUT2D eigenvalue weighted by Crippen LogP contribution is -2.44. The number of aryl methyl sites for hydroxylation is 1. The first-order chi connectivity index (χ1) is 16.6. The highest BCUT2D eigenvalue weighted by Crippen LogP contribution is 2.27. The zero-order chi connectivity index (χ0) is 23.5. The largest absolute Gasteiger partial charge is 0.484 e. The highest BCUT2D eigenvalue weighted by atomic mass is 19.1. The molecule has 4 aromatic rings. The van der Waals surface area contributed by atoms with Crippen LogP contribution in [0.1, 0.15) is 30.6 Å². The monoisotopic (exact) mass is 468 g/mol. The van der Waals surface area contributed by atoms with Gasteiger partial charge in [0, 0.05) is 25.0 Å². The fourth-order valence-electron chi connectivity index (χ4n) is 3.74. The van der Waals surface area contributed by atoms with Crippen molar-refractivity contribution in [3.8, 4) is 11.4 Å². The second-order valence-corrected chi connectivity index (χ2v) is 7.88. The summed E-state index contributed by atoms with van der Waals surface area (Å²) in [7, 11) is 0. The van der Waals surface area contributed by atoms with Gasteiger partial charge in [0.25, 0.3) is 0 Å². The van der Waals surface area contributed by atoms with Gasteiger partial charge in [-0.2, -0.15) is 15.0 Å². The molecule has 0 bridgehead atoms. The van der Waals surface area contributed by atoms with E-state index in [1.807, 2.05) is 11.8 Å². The first kappa shape index (κ1) is 21.8. The predicted octanol–water partition coefficient (Wildman–Crippen LogP) is 2.11. The predicted molar refractivity (Wildman–Crippen MR) is 116 cm³/mol. The summed E-state index contributed by atoms with van der Waals surface area (Å²) >= 11 is 0. The third-order valence-corrected chi connectivity index (χ3v) is 5.65. The lowest BCUT2D eigenvalue weighted by molar-refractivity contribution is 0.172. The van der Waals surface area contributed by atoms with Gasteiger partial charge in [-0.15, -0.1) is 5.10 Å². The lowest BCUT2D eigenvalue weighted by Gasteiger charge is -2.34. The van der Waals surface area contributed by atoms with Gasteiger partial charge < -0.3 is 9.64 Å². The smallest absolute Gasteiger partial charge is 0.225 e. The second-order valence-electron chi connectivity index (χ2n) is 7.88. The molecule has 11 nitrogen and oxygen atoms in total. The topological polar surface area (TPSA) is 113 Å². The van der Waals surface area contributed by atoms with Gasteiger partial charge in [0.15, 0.2) is 11.6 Å². The van der Waals surface area contributed by atoms with Crippen molar-refractivity contribution in [1.29, 1.82) is 0 Å². The van der Waals surface area contributed by atoms with Gasteiger partial charge in [-0.3, -0.25) is 0 Å². The highest BCUT2D eigenvalue weighted by Gasteiger charge is 2.33. The summed E-state index contributed by atoms with van der Waals surface area (Å²) in [5.74, 6) is 0.0110. The number of ether oxygens (including phenoxy) is 1. The summed E-state index contributed by atoms with van der Waals surface area (Å²) in [4.78, 5) is 11.9. The number of hydrogen-bond donors (Lipinski definition) is 0. The van der Waals surface area contributed by atoms with Gasteiger partial charge in [0.1, 0.15) is 30.8 Å². The van der Waals surface area contributed by atoms with Crippen LogP contribution < -0.4 is 9.64 Å². The van der Waals surface area contributed by atoms with Crippen molar-refractivity contribution >= 4 is 5.95 Å². The normalized spacial score (nSPS) is 18.3. The van der Waals surface area contributed by atoms with Crippen molar-refractivity contribution in [3.63, 3.8) is 0 Å². The molecule has 0 amide bonds. The molecule has 176 valence electrons. The summed E-state index contributed by atoms with van der Waals surface area (Å²) in [6, 6.07) is 3.88. The van der Waals surface area contributed by atoms with Crippen molar-refractivity contribution in [2.24, 2.45) is 0 Å². The number of benzene rings is 1. The number of hydrogen-bond acceptors (Lipinski definition) is 9. The molecular weight excluding hydrogens is 446 g/mol. The van der Waals surface area contributed by atoms with Gasteiger partial charge in [-0.05, 0) is 41.0 Å². The summed E-state index contributed by atoms with van der Waals surface area (Å²) in [6.07, 6.45) is 6.56. The zero-order valence-electron chi connectivity index (χ0n) is 18.4. The Kier molecular flexibility index (Phi) is 6.06. The first-order valence-electron chi connectivity index (χ1n) is 10.9. The van der Waals surface area contributed by atoms with Crippen molar-refractivity contribution in [2.45, 2.75) is 38.6 Å². The molecule has 0 radical (unpaired) electrons. The molecule has 0 saturated carbocycles. The molecule has 1 aromatic carbocycles. The minimum absolute atomic E-state index is 0.00539. The zero-order valence-corrected chi connectivity index (χ0v) is 18.4. The minimum atomic E-state index is -1.19. The average Bonchev–Trinajstić information content (AvgIpc) is 3.56. The van der Waals surface area contributed by atoms with Gasteiger partial charge in [-0.25, -0.2) is 23.4 Å². The van der Waals surface area contributed by atoms with Crippen LogP contribution in [0, 0.1) is 5.82 Å². The van der Waals surface area contributed by atoms with Crippen LogP contribution in [0.3, 0.4) is 0 Å². The van der Waals surface area contributed by atoms with Gasteiger partial charge in [-0.1, -0.05) is 6.92 Å². The molecule has 1 aliphatic rings. The van der Waals surface area contributed by atoms with Crippen LogP contribution in [0.4, 0.5) is 14.7 Å². The van der Waals surface area contributed by atoms with E-state index in [1.165, 1.54) is 34.1 Å². The number of alkyl halides is 1. The van der Waals surface area contributed by atoms with Gasteiger partial charge in [0.05, 0.1) is 18.4 Å². The van der Waals surface area contributed by atoms with Crippen LogP contribution in [-0.2, 0) is 13.0 Å². The summed E-state index contributed by atoms with van der Waals surface area (Å²) in [5.41, 5.74) is 1.97. The van der Waals surface area contributed by atoms with Crippen molar-refractivity contribution < 1.29 is 13.5 Å². The van der Waals surface area contributed by atoms with E-state index in [9.17, 15) is 8.78 Å². The molecule has 2 atom stereocenters. The third-order valence-electron chi connectivity index (χ3n) is 5.65. The van der Waals surface area contributed by atoms with E-state index in [2.05, 4.69) is 35.7 Å². The van der Waals surface area contributed by atoms with Crippen molar-refractivity contribution in [3.05, 3.63) is 60.2 Å². The van der Waals surface area contributed by atoms with Crippen LogP contribution in [-0.4, -0.2) is 64.4 Å². The molecule has 34 heavy (non-hydrogen) atoms. The Bertz CT molecular complexity index is 1230.